The number of hydrogen-bond donors (Lipinski definition) is 2. The minimum Gasteiger partial charge on any atom is -0.345 e. The quantitative estimate of drug-likeness (QED) is 0.578. The molecule has 0 aliphatic heterocycles. The van der Waals surface area contributed by atoms with Gasteiger partial charge in [-0.15, -0.1) is 0 Å². The largest absolute Gasteiger partial charge is 0.345 e. The topological polar surface area (TPSA) is 53.6 Å². The second-order valence-corrected chi connectivity index (χ2v) is 7.32. The van der Waals surface area contributed by atoms with Crippen molar-refractivity contribution in [2.24, 2.45) is 0 Å². The van der Waals surface area contributed by atoms with Crippen molar-refractivity contribution < 1.29 is 0 Å². The molecule has 0 amide bonds. The Balaban J connectivity index is 1.30. The number of aryl methyl sites for hydroxylation is 1. The van der Waals surface area contributed by atoms with Crippen molar-refractivity contribution in [3.63, 3.8) is 0 Å². The molecule has 2 aromatic heterocycles. The molecule has 1 aliphatic carbocycles. The zero-order valence-electron chi connectivity index (χ0n) is 15.4. The highest BCUT2D eigenvalue weighted by Crippen LogP contribution is 2.26. The zero-order valence-corrected chi connectivity index (χ0v) is 15.4. The highest BCUT2D eigenvalue weighted by Gasteiger charge is 2.20. The first-order chi connectivity index (χ1) is 13.3. The Bertz CT molecular complexity index is 1090. The predicted octanol–water partition coefficient (Wildman–Crippen LogP) is 4.19. The van der Waals surface area contributed by atoms with Crippen LogP contribution in [0.2, 0.25) is 0 Å². The number of benzene rings is 2. The van der Waals surface area contributed by atoms with Crippen LogP contribution in [0.25, 0.3) is 22.2 Å². The van der Waals surface area contributed by atoms with E-state index in [4.69, 9.17) is 4.98 Å². The van der Waals surface area contributed by atoms with Crippen LogP contribution in [0.3, 0.4) is 0 Å². The average Bonchev–Trinajstić information content (AvgIpc) is 3.32. The third-order valence-corrected chi connectivity index (χ3v) is 5.50. The second kappa shape index (κ2) is 6.63. The van der Waals surface area contributed by atoms with Gasteiger partial charge in [-0.2, -0.15) is 0 Å². The molecule has 27 heavy (non-hydrogen) atoms. The van der Waals surface area contributed by atoms with E-state index in [0.29, 0.717) is 6.04 Å². The molecule has 0 radical (unpaired) electrons. The summed E-state index contributed by atoms with van der Waals surface area (Å²) in [6, 6.07) is 19.9. The molecule has 0 saturated heterocycles. The van der Waals surface area contributed by atoms with Gasteiger partial charge in [0.05, 0.1) is 23.1 Å². The maximum absolute atomic E-state index is 4.84. The molecule has 0 unspecified atom stereocenters. The van der Waals surface area contributed by atoms with Gasteiger partial charge in [-0.25, -0.2) is 4.98 Å². The van der Waals surface area contributed by atoms with Crippen LogP contribution in [0.15, 0.2) is 60.9 Å². The fourth-order valence-electron chi connectivity index (χ4n) is 4.07. The predicted molar refractivity (Wildman–Crippen MR) is 109 cm³/mol. The zero-order chi connectivity index (χ0) is 18.2. The van der Waals surface area contributed by atoms with Crippen LogP contribution < -0.4 is 5.32 Å². The summed E-state index contributed by atoms with van der Waals surface area (Å²) < 4.78 is 0. The van der Waals surface area contributed by atoms with E-state index in [1.807, 2.05) is 6.07 Å². The van der Waals surface area contributed by atoms with E-state index in [1.165, 1.54) is 22.3 Å². The molecular weight excluding hydrogens is 332 g/mol. The Morgan fingerprint density at radius 3 is 2.63 bits per heavy atom. The number of fused-ring (bicyclic) bond motifs is 2. The Kier molecular flexibility index (Phi) is 3.98. The van der Waals surface area contributed by atoms with Crippen molar-refractivity contribution in [1.29, 1.82) is 0 Å². The van der Waals surface area contributed by atoms with E-state index >= 15 is 0 Å². The number of pyridine rings is 1. The molecule has 0 atom stereocenters. The van der Waals surface area contributed by atoms with Gasteiger partial charge >= 0.3 is 0 Å². The van der Waals surface area contributed by atoms with E-state index in [9.17, 15) is 0 Å². The standard InChI is InChI=1S/C23H22N4/c1-15-21(18-6-9-22-23(12-18)26-14-25-22)8-7-19(27-15)13-24-20-10-16-4-2-3-5-17(16)11-20/h2-9,12,14,20,24H,10-11,13H2,1H3,(H,25,26). The van der Waals surface area contributed by atoms with Crippen molar-refractivity contribution in [2.75, 3.05) is 0 Å². The maximum Gasteiger partial charge on any atom is 0.0931 e. The normalized spacial score (nSPS) is 14.0. The van der Waals surface area contributed by atoms with E-state index in [1.54, 1.807) is 6.33 Å². The van der Waals surface area contributed by atoms with E-state index in [0.717, 1.165) is 41.8 Å². The summed E-state index contributed by atoms with van der Waals surface area (Å²) in [5, 5.41) is 3.68. The minimum absolute atomic E-state index is 0.506. The number of H-pyrrole nitrogens is 1. The maximum atomic E-state index is 4.84. The average molecular weight is 354 g/mol. The lowest BCUT2D eigenvalue weighted by Crippen LogP contribution is -2.29. The third kappa shape index (κ3) is 3.13. The number of rotatable bonds is 4. The van der Waals surface area contributed by atoms with Gasteiger partial charge in [0.25, 0.3) is 0 Å². The molecular formula is C23H22N4. The van der Waals surface area contributed by atoms with Crippen LogP contribution in [0.1, 0.15) is 22.5 Å². The van der Waals surface area contributed by atoms with E-state index in [-0.39, 0.29) is 0 Å². The highest BCUT2D eigenvalue weighted by molar-refractivity contribution is 5.82. The van der Waals surface area contributed by atoms with Gasteiger partial charge in [-0.3, -0.25) is 4.98 Å². The molecule has 1 aliphatic rings. The fourth-order valence-corrected chi connectivity index (χ4v) is 4.07. The van der Waals surface area contributed by atoms with Gasteiger partial charge < -0.3 is 10.3 Å². The number of nitrogens with zero attached hydrogens (tertiary/aromatic N) is 2. The van der Waals surface area contributed by atoms with Gasteiger partial charge in [0.15, 0.2) is 0 Å². The lowest BCUT2D eigenvalue weighted by Gasteiger charge is -2.13. The van der Waals surface area contributed by atoms with Gasteiger partial charge in [-0.1, -0.05) is 36.4 Å². The van der Waals surface area contributed by atoms with Crippen molar-refractivity contribution in [3.05, 3.63) is 83.4 Å². The number of imidazole rings is 1. The Hall–Kier alpha value is -2.98. The summed E-state index contributed by atoms with van der Waals surface area (Å²) >= 11 is 0. The van der Waals surface area contributed by atoms with Crippen molar-refractivity contribution in [3.8, 4) is 11.1 Å². The molecule has 2 N–H and O–H groups in total. The van der Waals surface area contributed by atoms with Crippen molar-refractivity contribution in [1.82, 2.24) is 20.3 Å². The lowest BCUT2D eigenvalue weighted by molar-refractivity contribution is 0.527. The molecule has 4 nitrogen and oxygen atoms in total. The molecule has 5 rings (SSSR count). The first kappa shape index (κ1) is 16.2. The summed E-state index contributed by atoms with van der Waals surface area (Å²) in [5.74, 6) is 0. The number of aromatic nitrogens is 3. The number of hydrogen-bond acceptors (Lipinski definition) is 3. The first-order valence-electron chi connectivity index (χ1n) is 9.46. The highest BCUT2D eigenvalue weighted by atomic mass is 14.9. The molecule has 0 bridgehead atoms. The van der Waals surface area contributed by atoms with Crippen molar-refractivity contribution >= 4 is 11.0 Å². The third-order valence-electron chi connectivity index (χ3n) is 5.50. The van der Waals surface area contributed by atoms with Crippen LogP contribution in [-0.4, -0.2) is 21.0 Å². The smallest absolute Gasteiger partial charge is 0.0931 e. The minimum atomic E-state index is 0.506. The van der Waals surface area contributed by atoms with Crippen LogP contribution in [0.4, 0.5) is 0 Å². The first-order valence-corrected chi connectivity index (χ1v) is 9.46. The lowest BCUT2D eigenvalue weighted by atomic mass is 10.0. The van der Waals surface area contributed by atoms with E-state index < -0.39 is 0 Å². The number of nitrogens with one attached hydrogen (secondary N) is 2. The van der Waals surface area contributed by atoms with Gasteiger partial charge in [0, 0.05) is 23.8 Å². The molecule has 2 heterocycles. The summed E-state index contributed by atoms with van der Waals surface area (Å²) in [6.45, 7) is 2.89. The number of aromatic amines is 1. The summed E-state index contributed by atoms with van der Waals surface area (Å²) in [4.78, 5) is 12.3. The second-order valence-electron chi connectivity index (χ2n) is 7.32. The van der Waals surface area contributed by atoms with Crippen LogP contribution in [0, 0.1) is 6.92 Å². The van der Waals surface area contributed by atoms with Crippen molar-refractivity contribution in [2.45, 2.75) is 32.4 Å². The van der Waals surface area contributed by atoms with Gasteiger partial charge in [0.1, 0.15) is 0 Å². The van der Waals surface area contributed by atoms with Crippen LogP contribution in [-0.2, 0) is 19.4 Å². The van der Waals surface area contributed by atoms with Crippen LogP contribution >= 0.6 is 0 Å². The van der Waals surface area contributed by atoms with Gasteiger partial charge in [0.2, 0.25) is 0 Å². The van der Waals surface area contributed by atoms with Gasteiger partial charge in [-0.05, 0) is 54.7 Å². The Morgan fingerprint density at radius 2 is 1.85 bits per heavy atom. The SMILES string of the molecule is Cc1nc(CNC2Cc3ccccc3C2)ccc1-c1ccc2nc[nH]c2c1. The summed E-state index contributed by atoms with van der Waals surface area (Å²) in [7, 11) is 0. The summed E-state index contributed by atoms with van der Waals surface area (Å²) in [6.07, 6.45) is 3.95. The Morgan fingerprint density at radius 1 is 1.04 bits per heavy atom. The fraction of sp³-hybridized carbons (Fsp3) is 0.217. The molecule has 4 heteroatoms. The monoisotopic (exact) mass is 354 g/mol. The molecule has 0 fully saturated rings. The molecule has 0 saturated carbocycles. The molecule has 0 spiro atoms. The summed E-state index contributed by atoms with van der Waals surface area (Å²) in [5.41, 5.74) is 9.48. The van der Waals surface area contributed by atoms with E-state index in [2.05, 4.69) is 70.7 Å². The molecule has 134 valence electrons. The Labute approximate surface area is 158 Å². The molecule has 4 aromatic rings. The molecule has 2 aromatic carbocycles. The van der Waals surface area contributed by atoms with Crippen LogP contribution in [0.5, 0.6) is 0 Å².